The molecule has 2 heterocycles. The second-order valence-electron chi connectivity index (χ2n) is 4.97. The van der Waals surface area contributed by atoms with E-state index in [1.807, 2.05) is 29.7 Å². The highest BCUT2D eigenvalue weighted by molar-refractivity contribution is 6.04. The van der Waals surface area contributed by atoms with Gasteiger partial charge in [0.2, 0.25) is 0 Å². The van der Waals surface area contributed by atoms with Gasteiger partial charge in [0.25, 0.3) is 5.91 Å². The van der Waals surface area contributed by atoms with Crippen LogP contribution in [-0.4, -0.2) is 21.9 Å². The highest BCUT2D eigenvalue weighted by Gasteiger charge is 2.25. The lowest BCUT2D eigenvalue weighted by atomic mass is 9.98. The molecule has 104 valence electrons. The summed E-state index contributed by atoms with van der Waals surface area (Å²) in [7, 11) is 0. The van der Waals surface area contributed by atoms with Crippen molar-refractivity contribution in [1.82, 2.24) is 9.88 Å². The van der Waals surface area contributed by atoms with Crippen LogP contribution in [0.5, 0.6) is 0 Å². The molecule has 0 spiro atoms. The Morgan fingerprint density at radius 1 is 1.60 bits per heavy atom. The summed E-state index contributed by atoms with van der Waals surface area (Å²) in [5.74, 6) is 4.74. The van der Waals surface area contributed by atoms with Gasteiger partial charge < -0.3 is 20.8 Å². The van der Waals surface area contributed by atoms with Crippen LogP contribution in [-0.2, 0) is 6.54 Å². The molecule has 1 unspecified atom stereocenters. The molecule has 6 heteroatoms. The molecule has 1 aliphatic heterocycles. The van der Waals surface area contributed by atoms with E-state index < -0.39 is 6.10 Å². The number of aliphatic hydroxyl groups is 1. The average Bonchev–Trinajstić information content (AvgIpc) is 2.83. The largest absolute Gasteiger partial charge is 0.388 e. The maximum atomic E-state index is 12.1. The highest BCUT2D eigenvalue weighted by atomic mass is 16.3. The number of aliphatic hydroxyl groups excluding tert-OH is 1. The molecule has 0 saturated heterocycles. The van der Waals surface area contributed by atoms with Crippen molar-refractivity contribution < 1.29 is 9.90 Å². The molecule has 1 aliphatic rings. The Morgan fingerprint density at radius 3 is 3.15 bits per heavy atom. The first-order valence-corrected chi connectivity index (χ1v) is 6.47. The lowest BCUT2D eigenvalue weighted by molar-refractivity contribution is 0.0965. The topological polar surface area (TPSA) is 92.6 Å². The second-order valence-corrected chi connectivity index (χ2v) is 4.97. The fourth-order valence-electron chi connectivity index (χ4n) is 2.81. The third kappa shape index (κ3) is 1.77. The van der Waals surface area contributed by atoms with E-state index in [4.69, 9.17) is 5.84 Å². The van der Waals surface area contributed by atoms with E-state index in [1.54, 1.807) is 0 Å². The maximum Gasteiger partial charge on any atom is 0.273 e. The summed E-state index contributed by atoms with van der Waals surface area (Å²) in [6.45, 7) is 2.61. The molecule has 20 heavy (non-hydrogen) atoms. The van der Waals surface area contributed by atoms with Gasteiger partial charge in [0.15, 0.2) is 0 Å². The Bertz CT molecular complexity index is 718. The van der Waals surface area contributed by atoms with E-state index in [2.05, 4.69) is 10.4 Å². The molecule has 1 atom stereocenters. The maximum absolute atomic E-state index is 12.1. The van der Waals surface area contributed by atoms with E-state index in [0.29, 0.717) is 18.7 Å². The average molecular weight is 272 g/mol. The van der Waals surface area contributed by atoms with Crippen LogP contribution in [0.4, 0.5) is 0 Å². The lowest BCUT2D eigenvalue weighted by Crippen LogP contribution is -2.26. The summed E-state index contributed by atoms with van der Waals surface area (Å²) in [4.78, 5) is 12.1. The van der Waals surface area contributed by atoms with Crippen LogP contribution < -0.4 is 11.2 Å². The van der Waals surface area contributed by atoms with E-state index >= 15 is 0 Å². The van der Waals surface area contributed by atoms with Crippen molar-refractivity contribution >= 4 is 23.1 Å². The molecule has 0 fully saturated rings. The fraction of sp³-hybridized carbons (Fsp3) is 0.286. The number of rotatable bonds is 2. The van der Waals surface area contributed by atoms with E-state index in [0.717, 1.165) is 22.0 Å². The van der Waals surface area contributed by atoms with Gasteiger partial charge in [-0.2, -0.15) is 5.10 Å². The van der Waals surface area contributed by atoms with Crippen molar-refractivity contribution in [1.29, 1.82) is 0 Å². The minimum atomic E-state index is -0.470. The van der Waals surface area contributed by atoms with Crippen LogP contribution in [0.3, 0.4) is 0 Å². The van der Waals surface area contributed by atoms with Crippen molar-refractivity contribution in [3.63, 3.8) is 0 Å². The Balaban J connectivity index is 2.21. The molecular weight excluding hydrogens is 256 g/mol. The third-order valence-corrected chi connectivity index (χ3v) is 3.80. The molecular formula is C14H16N4O2. The van der Waals surface area contributed by atoms with Gasteiger partial charge in [-0.1, -0.05) is 12.1 Å². The van der Waals surface area contributed by atoms with Crippen molar-refractivity contribution in [2.45, 2.75) is 26.0 Å². The smallest absolute Gasteiger partial charge is 0.273 e. The number of aryl methyl sites for hydroxylation is 2. The minimum absolute atomic E-state index is 0.253. The Morgan fingerprint density at radius 2 is 2.40 bits per heavy atom. The van der Waals surface area contributed by atoms with Gasteiger partial charge in [-0.15, -0.1) is 0 Å². The number of carbonyl (C=O) groups is 1. The summed E-state index contributed by atoms with van der Waals surface area (Å²) in [5.41, 5.74) is 3.46. The first-order valence-electron chi connectivity index (χ1n) is 6.47. The molecule has 6 nitrogen and oxygen atoms in total. The molecule has 3 rings (SSSR count). The van der Waals surface area contributed by atoms with Gasteiger partial charge in [-0.05, 0) is 25.0 Å². The van der Waals surface area contributed by atoms with Gasteiger partial charge in [0.05, 0.1) is 11.6 Å². The van der Waals surface area contributed by atoms with Gasteiger partial charge in [-0.25, -0.2) is 0 Å². The Hall–Kier alpha value is -2.34. The molecule has 2 aromatic rings. The summed E-state index contributed by atoms with van der Waals surface area (Å²) < 4.78 is 1.95. The number of amides is 1. The lowest BCUT2D eigenvalue weighted by Gasteiger charge is -2.22. The highest BCUT2D eigenvalue weighted by Crippen LogP contribution is 2.35. The minimum Gasteiger partial charge on any atom is -0.388 e. The van der Waals surface area contributed by atoms with Crippen molar-refractivity contribution in [3.05, 3.63) is 35.0 Å². The zero-order valence-electron chi connectivity index (χ0n) is 11.1. The standard InChI is InChI=1S/C14H16N4O2/c1-8-2-3-9-12(19)4-5-18-11(6-10(8)13(9)18)14(20)16-7-17-15/h2-3,6-7,12,19H,4-5,15H2,1H3,(H,16,17,20). The van der Waals surface area contributed by atoms with Gasteiger partial charge in [0, 0.05) is 17.5 Å². The zero-order chi connectivity index (χ0) is 14.3. The molecule has 0 aliphatic carbocycles. The molecule has 1 amide bonds. The predicted molar refractivity (Wildman–Crippen MR) is 76.4 cm³/mol. The SMILES string of the molecule is Cc1ccc2c3c1cc(C(=O)NC=NN)n3CCC2O. The van der Waals surface area contributed by atoms with Gasteiger partial charge in [-0.3, -0.25) is 4.79 Å². The van der Waals surface area contributed by atoms with Crippen LogP contribution in [0.25, 0.3) is 10.9 Å². The van der Waals surface area contributed by atoms with Crippen LogP contribution in [0.15, 0.2) is 23.3 Å². The van der Waals surface area contributed by atoms with Gasteiger partial charge in [0.1, 0.15) is 12.0 Å². The summed E-state index contributed by atoms with van der Waals surface area (Å²) in [6.07, 6.45) is 1.30. The number of hydrogen-bond donors (Lipinski definition) is 3. The quantitative estimate of drug-likeness (QED) is 0.330. The Kier molecular flexibility index (Phi) is 2.94. The molecule has 0 radical (unpaired) electrons. The van der Waals surface area contributed by atoms with E-state index in [-0.39, 0.29) is 5.91 Å². The molecule has 0 saturated carbocycles. The van der Waals surface area contributed by atoms with Crippen LogP contribution in [0.2, 0.25) is 0 Å². The second kappa shape index (κ2) is 4.64. The molecule has 4 N–H and O–H groups in total. The first kappa shape index (κ1) is 12.7. The monoisotopic (exact) mass is 272 g/mol. The molecule has 1 aromatic carbocycles. The van der Waals surface area contributed by atoms with Crippen LogP contribution >= 0.6 is 0 Å². The zero-order valence-corrected chi connectivity index (χ0v) is 11.1. The first-order chi connectivity index (χ1) is 9.63. The van der Waals surface area contributed by atoms with Crippen molar-refractivity contribution in [2.24, 2.45) is 10.9 Å². The number of nitrogens with zero attached hydrogens (tertiary/aromatic N) is 2. The van der Waals surface area contributed by atoms with Gasteiger partial charge >= 0.3 is 0 Å². The molecule has 1 aromatic heterocycles. The molecule has 0 bridgehead atoms. The van der Waals surface area contributed by atoms with Crippen LogP contribution in [0, 0.1) is 6.92 Å². The number of hydrogen-bond acceptors (Lipinski definition) is 4. The number of carbonyl (C=O) groups excluding carboxylic acids is 1. The predicted octanol–water partition coefficient (Wildman–Crippen LogP) is 1.02. The summed E-state index contributed by atoms with van der Waals surface area (Å²) in [6, 6.07) is 5.76. The fourth-order valence-corrected chi connectivity index (χ4v) is 2.81. The normalized spacial score (nSPS) is 17.8. The Labute approximate surface area is 115 Å². The van der Waals surface area contributed by atoms with Crippen LogP contribution in [0.1, 0.15) is 34.1 Å². The number of nitrogens with two attached hydrogens (primary N) is 1. The number of nitrogens with one attached hydrogen (secondary N) is 1. The summed E-state index contributed by atoms with van der Waals surface area (Å²) in [5, 5.41) is 16.9. The number of benzene rings is 1. The number of hydrazone groups is 1. The third-order valence-electron chi connectivity index (χ3n) is 3.80. The summed E-state index contributed by atoms with van der Waals surface area (Å²) >= 11 is 0. The van der Waals surface area contributed by atoms with E-state index in [1.165, 1.54) is 6.34 Å². The number of aromatic nitrogens is 1. The van der Waals surface area contributed by atoms with E-state index in [9.17, 15) is 9.90 Å². The van der Waals surface area contributed by atoms with Crippen molar-refractivity contribution in [3.8, 4) is 0 Å². The van der Waals surface area contributed by atoms with Crippen molar-refractivity contribution in [2.75, 3.05) is 0 Å².